The number of amides is 2. The Morgan fingerprint density at radius 3 is 2.53 bits per heavy atom. The van der Waals surface area contributed by atoms with Gasteiger partial charge in [-0.05, 0) is 66.6 Å². The van der Waals surface area contributed by atoms with Crippen LogP contribution < -0.4 is 9.47 Å². The van der Waals surface area contributed by atoms with Crippen molar-refractivity contribution in [3.05, 3.63) is 63.5 Å². The van der Waals surface area contributed by atoms with E-state index >= 15 is 0 Å². The van der Waals surface area contributed by atoms with E-state index in [0.717, 1.165) is 35.1 Å². The molecule has 0 aromatic heterocycles. The first-order valence-corrected chi connectivity index (χ1v) is 12.2. The Balaban J connectivity index is 1.70. The molecule has 1 aliphatic rings. The highest BCUT2D eigenvalue weighted by molar-refractivity contribution is 8.18. The zero-order valence-electron chi connectivity index (χ0n) is 19.0. The molecule has 0 unspecified atom stereocenters. The molecule has 0 saturated carbocycles. The average molecular weight is 504 g/mol. The molecule has 1 fully saturated rings. The van der Waals surface area contributed by atoms with Crippen LogP contribution in [-0.2, 0) is 20.9 Å². The Morgan fingerprint density at radius 1 is 1.06 bits per heavy atom. The summed E-state index contributed by atoms with van der Waals surface area (Å²) < 4.78 is 16.7. The number of rotatable bonds is 11. The molecule has 2 aromatic rings. The zero-order valence-corrected chi connectivity index (χ0v) is 20.6. The van der Waals surface area contributed by atoms with Gasteiger partial charge in [0.2, 0.25) is 0 Å². The van der Waals surface area contributed by atoms with Crippen molar-refractivity contribution in [1.29, 1.82) is 0 Å². The highest BCUT2D eigenvalue weighted by Gasteiger charge is 2.36. The largest absolute Gasteiger partial charge is 0.490 e. The smallest absolute Gasteiger partial charge is 0.326 e. The molecule has 180 valence electrons. The van der Waals surface area contributed by atoms with Crippen molar-refractivity contribution >= 4 is 46.6 Å². The van der Waals surface area contributed by atoms with Crippen LogP contribution in [0.15, 0.2) is 47.4 Å². The summed E-state index contributed by atoms with van der Waals surface area (Å²) in [5.74, 6) is -0.0536. The summed E-state index contributed by atoms with van der Waals surface area (Å²) in [7, 11) is 0. The summed E-state index contributed by atoms with van der Waals surface area (Å²) in [5.41, 5.74) is 1.62. The highest BCUT2D eigenvalue weighted by Crippen LogP contribution is 2.35. The summed E-state index contributed by atoms with van der Waals surface area (Å²) in [6.07, 6.45) is 3.21. The molecular formula is C25H26ClNO6S. The molecular weight excluding hydrogens is 478 g/mol. The Bertz CT molecular complexity index is 1070. The molecule has 0 atom stereocenters. The number of thioether (sulfide) groups is 1. The minimum absolute atomic E-state index is 0.226. The van der Waals surface area contributed by atoms with Crippen molar-refractivity contribution in [2.24, 2.45) is 0 Å². The van der Waals surface area contributed by atoms with Gasteiger partial charge >= 0.3 is 5.97 Å². The molecule has 0 radical (unpaired) electrons. The number of hydrogen-bond donors (Lipinski definition) is 0. The van der Waals surface area contributed by atoms with Gasteiger partial charge < -0.3 is 14.2 Å². The van der Waals surface area contributed by atoms with Crippen molar-refractivity contribution in [2.75, 3.05) is 19.8 Å². The molecule has 34 heavy (non-hydrogen) atoms. The molecule has 1 aliphatic heterocycles. The van der Waals surface area contributed by atoms with Gasteiger partial charge in [-0.1, -0.05) is 43.1 Å². The molecule has 0 spiro atoms. The van der Waals surface area contributed by atoms with E-state index < -0.39 is 23.7 Å². The number of halogens is 1. The van der Waals surface area contributed by atoms with E-state index in [1.54, 1.807) is 36.4 Å². The number of ether oxygens (including phenoxy) is 3. The zero-order chi connectivity index (χ0) is 24.5. The Kier molecular flexibility index (Phi) is 9.42. The van der Waals surface area contributed by atoms with Crippen molar-refractivity contribution in [3.8, 4) is 11.5 Å². The first-order chi connectivity index (χ1) is 16.4. The van der Waals surface area contributed by atoms with E-state index in [1.165, 1.54) is 0 Å². The predicted molar refractivity (Wildman–Crippen MR) is 132 cm³/mol. The number of carbonyl (C=O) groups excluding carboxylic acids is 3. The third-order valence-corrected chi connectivity index (χ3v) is 5.95. The summed E-state index contributed by atoms with van der Waals surface area (Å²) in [4.78, 5) is 38.0. The van der Waals surface area contributed by atoms with E-state index in [-0.39, 0.29) is 11.5 Å². The standard InChI is InChI=1S/C25H26ClNO6S/c1-3-5-12-32-23(28)15-27-24(29)22(34-25(27)30)14-18-8-11-20(21(13-18)31-4-2)33-16-17-6-9-19(26)10-7-17/h6-11,13-14H,3-5,12,15-16H2,1-2H3/b22-14+. The first kappa shape index (κ1) is 25.6. The van der Waals surface area contributed by atoms with Crippen LogP contribution in [0.3, 0.4) is 0 Å². The van der Waals surface area contributed by atoms with Crippen LogP contribution in [-0.4, -0.2) is 41.8 Å². The molecule has 3 rings (SSSR count). The van der Waals surface area contributed by atoms with Crippen molar-refractivity contribution in [3.63, 3.8) is 0 Å². The number of hydrogen-bond acceptors (Lipinski definition) is 7. The van der Waals surface area contributed by atoms with Crippen LogP contribution in [0.2, 0.25) is 5.02 Å². The normalized spacial score (nSPS) is 14.6. The monoisotopic (exact) mass is 503 g/mol. The fourth-order valence-corrected chi connectivity index (χ4v) is 4.00. The van der Waals surface area contributed by atoms with Crippen LogP contribution in [0.4, 0.5) is 4.79 Å². The van der Waals surface area contributed by atoms with Gasteiger partial charge in [-0.2, -0.15) is 0 Å². The number of benzene rings is 2. The number of unbranched alkanes of at least 4 members (excludes halogenated alkanes) is 1. The van der Waals surface area contributed by atoms with Gasteiger partial charge in [0.05, 0.1) is 18.1 Å². The third kappa shape index (κ3) is 7.01. The van der Waals surface area contributed by atoms with E-state index in [9.17, 15) is 14.4 Å². The second kappa shape index (κ2) is 12.5. The van der Waals surface area contributed by atoms with Crippen LogP contribution in [0.1, 0.15) is 37.8 Å². The lowest BCUT2D eigenvalue weighted by atomic mass is 10.1. The van der Waals surface area contributed by atoms with Crippen molar-refractivity contribution < 1.29 is 28.6 Å². The summed E-state index contributed by atoms with van der Waals surface area (Å²) in [6.45, 7) is 4.48. The lowest BCUT2D eigenvalue weighted by Gasteiger charge is -2.13. The molecule has 9 heteroatoms. The number of imide groups is 1. The van der Waals surface area contributed by atoms with Crippen LogP contribution in [0, 0.1) is 0 Å². The Labute approximate surface area is 208 Å². The van der Waals surface area contributed by atoms with Gasteiger partial charge in [-0.15, -0.1) is 0 Å². The van der Waals surface area contributed by atoms with E-state index in [1.807, 2.05) is 26.0 Å². The molecule has 0 N–H and O–H groups in total. The Hall–Kier alpha value is -2.97. The first-order valence-electron chi connectivity index (χ1n) is 11.0. The molecule has 0 bridgehead atoms. The fraction of sp³-hybridized carbons (Fsp3) is 0.320. The fourth-order valence-electron chi connectivity index (χ4n) is 3.04. The highest BCUT2D eigenvalue weighted by atomic mass is 35.5. The second-order valence-corrected chi connectivity index (χ2v) is 8.83. The lowest BCUT2D eigenvalue weighted by molar-refractivity contribution is -0.146. The van der Waals surface area contributed by atoms with Gasteiger partial charge in [0.1, 0.15) is 13.2 Å². The lowest BCUT2D eigenvalue weighted by Crippen LogP contribution is -2.34. The van der Waals surface area contributed by atoms with Gasteiger partial charge in [-0.25, -0.2) is 0 Å². The maximum absolute atomic E-state index is 12.7. The van der Waals surface area contributed by atoms with Gasteiger partial charge in [0.25, 0.3) is 11.1 Å². The van der Waals surface area contributed by atoms with Crippen molar-refractivity contribution in [1.82, 2.24) is 4.90 Å². The molecule has 1 heterocycles. The SMILES string of the molecule is CCCCOC(=O)CN1C(=O)S/C(=C/c2ccc(OCc3ccc(Cl)cc3)c(OCC)c2)C1=O. The topological polar surface area (TPSA) is 82.1 Å². The van der Waals surface area contributed by atoms with E-state index in [4.69, 9.17) is 25.8 Å². The minimum Gasteiger partial charge on any atom is -0.490 e. The molecule has 7 nitrogen and oxygen atoms in total. The molecule has 2 amide bonds. The molecule has 1 saturated heterocycles. The second-order valence-electron chi connectivity index (χ2n) is 7.40. The molecule has 2 aromatic carbocycles. The number of nitrogens with zero attached hydrogens (tertiary/aromatic N) is 1. The van der Waals surface area contributed by atoms with Crippen LogP contribution in [0.5, 0.6) is 11.5 Å². The van der Waals surface area contributed by atoms with Crippen LogP contribution >= 0.6 is 23.4 Å². The minimum atomic E-state index is -0.599. The van der Waals surface area contributed by atoms with Gasteiger partial charge in [0, 0.05) is 5.02 Å². The predicted octanol–water partition coefficient (Wildman–Crippen LogP) is 5.70. The van der Waals surface area contributed by atoms with Crippen molar-refractivity contribution in [2.45, 2.75) is 33.3 Å². The molecule has 0 aliphatic carbocycles. The van der Waals surface area contributed by atoms with E-state index in [0.29, 0.717) is 35.3 Å². The Morgan fingerprint density at radius 2 is 1.82 bits per heavy atom. The summed E-state index contributed by atoms with van der Waals surface area (Å²) >= 11 is 6.71. The number of carbonyl (C=O) groups is 3. The maximum atomic E-state index is 12.7. The van der Waals surface area contributed by atoms with Crippen LogP contribution in [0.25, 0.3) is 6.08 Å². The van der Waals surface area contributed by atoms with Gasteiger partial charge in [0.15, 0.2) is 11.5 Å². The third-order valence-electron chi connectivity index (χ3n) is 4.79. The summed E-state index contributed by atoms with van der Waals surface area (Å²) in [5, 5.41) is 0.151. The van der Waals surface area contributed by atoms with E-state index in [2.05, 4.69) is 0 Å². The average Bonchev–Trinajstić information content (AvgIpc) is 3.07. The summed E-state index contributed by atoms with van der Waals surface area (Å²) in [6, 6.07) is 12.6. The maximum Gasteiger partial charge on any atom is 0.326 e. The number of esters is 1. The van der Waals surface area contributed by atoms with Gasteiger partial charge in [-0.3, -0.25) is 19.3 Å². The quantitative estimate of drug-likeness (QED) is 0.221.